The van der Waals surface area contributed by atoms with E-state index < -0.39 is 11.6 Å². The van der Waals surface area contributed by atoms with Crippen LogP contribution in [0.1, 0.15) is 5.56 Å². The predicted molar refractivity (Wildman–Crippen MR) is 66.2 cm³/mol. The molecular formula is C14H10F2N2. The van der Waals surface area contributed by atoms with Crippen molar-refractivity contribution in [3.8, 4) is 11.4 Å². The minimum absolute atomic E-state index is 0.283. The van der Waals surface area contributed by atoms with E-state index in [4.69, 9.17) is 0 Å². The molecule has 0 radical (unpaired) electrons. The number of fused-ring (bicyclic) bond motifs is 1. The Labute approximate surface area is 102 Å². The second kappa shape index (κ2) is 3.91. The highest BCUT2D eigenvalue weighted by molar-refractivity contribution is 5.79. The van der Waals surface area contributed by atoms with Gasteiger partial charge in [0.15, 0.2) is 0 Å². The maximum atomic E-state index is 13.7. The van der Waals surface area contributed by atoms with E-state index in [-0.39, 0.29) is 5.56 Å². The molecule has 3 aromatic rings. The van der Waals surface area contributed by atoms with Crippen molar-refractivity contribution in [1.82, 2.24) is 9.97 Å². The first-order valence-corrected chi connectivity index (χ1v) is 5.56. The number of hydrogen-bond donors (Lipinski definition) is 1. The second-order valence-corrected chi connectivity index (χ2v) is 4.18. The van der Waals surface area contributed by atoms with Gasteiger partial charge in [0.2, 0.25) is 0 Å². The van der Waals surface area contributed by atoms with Crippen LogP contribution in [0.3, 0.4) is 0 Å². The van der Waals surface area contributed by atoms with E-state index in [0.717, 1.165) is 17.1 Å². The lowest BCUT2D eigenvalue weighted by Crippen LogP contribution is -1.91. The highest BCUT2D eigenvalue weighted by atomic mass is 19.1. The van der Waals surface area contributed by atoms with Crippen LogP contribution in [0.4, 0.5) is 8.78 Å². The van der Waals surface area contributed by atoms with Gasteiger partial charge in [-0.1, -0.05) is 12.1 Å². The highest BCUT2D eigenvalue weighted by Gasteiger charge is 2.12. The summed E-state index contributed by atoms with van der Waals surface area (Å²) in [5.41, 5.74) is 2.26. The maximum Gasteiger partial charge on any atom is 0.141 e. The van der Waals surface area contributed by atoms with Crippen molar-refractivity contribution in [3.05, 3.63) is 53.6 Å². The summed E-state index contributed by atoms with van der Waals surface area (Å²) < 4.78 is 27.0. The molecule has 0 aliphatic heterocycles. The molecule has 0 spiro atoms. The molecule has 1 aromatic heterocycles. The molecule has 4 heteroatoms. The van der Waals surface area contributed by atoms with Crippen LogP contribution in [-0.2, 0) is 0 Å². The summed E-state index contributed by atoms with van der Waals surface area (Å²) in [5, 5.41) is 0. The molecule has 1 N–H and O–H groups in total. The van der Waals surface area contributed by atoms with Gasteiger partial charge in [-0.2, -0.15) is 0 Å². The lowest BCUT2D eigenvalue weighted by Gasteiger charge is -2.02. The largest absolute Gasteiger partial charge is 0.338 e. The predicted octanol–water partition coefficient (Wildman–Crippen LogP) is 3.82. The molecule has 0 saturated heterocycles. The van der Waals surface area contributed by atoms with Crippen LogP contribution < -0.4 is 0 Å². The zero-order valence-electron chi connectivity index (χ0n) is 9.67. The van der Waals surface area contributed by atoms with Gasteiger partial charge in [-0.05, 0) is 30.7 Å². The molecule has 0 bridgehead atoms. The van der Waals surface area contributed by atoms with Crippen molar-refractivity contribution in [2.75, 3.05) is 0 Å². The number of nitrogens with zero attached hydrogens (tertiary/aromatic N) is 1. The molecule has 3 rings (SSSR count). The quantitative estimate of drug-likeness (QED) is 0.692. The Hall–Kier alpha value is -2.23. The van der Waals surface area contributed by atoms with Crippen molar-refractivity contribution in [2.45, 2.75) is 6.92 Å². The van der Waals surface area contributed by atoms with E-state index in [0.29, 0.717) is 11.4 Å². The van der Waals surface area contributed by atoms with E-state index >= 15 is 0 Å². The minimum atomic E-state index is -0.614. The third-order valence-electron chi connectivity index (χ3n) is 2.89. The number of imidazole rings is 1. The number of para-hydroxylation sites is 2. The number of hydrogen-bond acceptors (Lipinski definition) is 1. The van der Waals surface area contributed by atoms with Gasteiger partial charge in [0, 0.05) is 6.07 Å². The van der Waals surface area contributed by atoms with Gasteiger partial charge >= 0.3 is 0 Å². The van der Waals surface area contributed by atoms with Gasteiger partial charge in [0.25, 0.3) is 0 Å². The fourth-order valence-corrected chi connectivity index (χ4v) is 1.92. The molecule has 0 unspecified atom stereocenters. The maximum absolute atomic E-state index is 13.7. The van der Waals surface area contributed by atoms with Crippen molar-refractivity contribution < 1.29 is 8.78 Å². The summed E-state index contributed by atoms with van der Waals surface area (Å²) in [6.07, 6.45) is 0. The van der Waals surface area contributed by atoms with Gasteiger partial charge in [0.1, 0.15) is 17.5 Å². The number of aryl methyl sites for hydroxylation is 1. The first-order chi connectivity index (χ1) is 8.65. The number of H-pyrrole nitrogens is 1. The van der Waals surface area contributed by atoms with Crippen LogP contribution in [0.5, 0.6) is 0 Å². The summed E-state index contributed by atoms with van der Waals surface area (Å²) in [6, 6.07) is 9.78. The molecular weight excluding hydrogens is 234 g/mol. The van der Waals surface area contributed by atoms with Crippen molar-refractivity contribution >= 4 is 11.0 Å². The molecule has 90 valence electrons. The Morgan fingerprint density at radius 3 is 2.61 bits per heavy atom. The molecule has 0 aliphatic rings. The van der Waals surface area contributed by atoms with Crippen LogP contribution in [0.2, 0.25) is 0 Å². The van der Waals surface area contributed by atoms with E-state index in [1.807, 2.05) is 24.3 Å². The molecule has 1 heterocycles. The van der Waals surface area contributed by atoms with E-state index in [1.165, 1.54) is 6.07 Å². The number of aromatic amines is 1. The summed E-state index contributed by atoms with van der Waals surface area (Å²) >= 11 is 0. The fourth-order valence-electron chi connectivity index (χ4n) is 1.92. The third kappa shape index (κ3) is 1.66. The van der Waals surface area contributed by atoms with Crippen LogP contribution in [0.15, 0.2) is 36.4 Å². The van der Waals surface area contributed by atoms with Crippen LogP contribution in [0.25, 0.3) is 22.4 Å². The molecule has 0 fully saturated rings. The third-order valence-corrected chi connectivity index (χ3v) is 2.89. The average molecular weight is 244 g/mol. The van der Waals surface area contributed by atoms with Crippen molar-refractivity contribution in [3.63, 3.8) is 0 Å². The van der Waals surface area contributed by atoms with E-state index in [9.17, 15) is 8.78 Å². The number of aromatic nitrogens is 2. The Morgan fingerprint density at radius 2 is 1.83 bits per heavy atom. The van der Waals surface area contributed by atoms with Crippen LogP contribution >= 0.6 is 0 Å². The topological polar surface area (TPSA) is 28.7 Å². The number of rotatable bonds is 1. The normalized spacial score (nSPS) is 11.1. The zero-order chi connectivity index (χ0) is 12.7. The average Bonchev–Trinajstić information content (AvgIpc) is 2.77. The SMILES string of the molecule is Cc1cc(-c2nc3ccccc3[nH]2)c(F)cc1F. The first kappa shape index (κ1) is 10.9. The minimum Gasteiger partial charge on any atom is -0.338 e. The second-order valence-electron chi connectivity index (χ2n) is 4.18. The first-order valence-electron chi connectivity index (χ1n) is 5.56. The molecule has 0 atom stereocenters. The van der Waals surface area contributed by atoms with Gasteiger partial charge < -0.3 is 4.98 Å². The Bertz CT molecular complexity index is 699. The summed E-state index contributed by atoms with van der Waals surface area (Å²) in [4.78, 5) is 7.32. The van der Waals surface area contributed by atoms with Crippen molar-refractivity contribution in [1.29, 1.82) is 0 Å². The number of nitrogens with one attached hydrogen (secondary N) is 1. The Balaban J connectivity index is 2.22. The van der Waals surface area contributed by atoms with Crippen LogP contribution in [-0.4, -0.2) is 9.97 Å². The summed E-state index contributed by atoms with van der Waals surface area (Å²) in [6.45, 7) is 1.60. The molecule has 0 saturated carbocycles. The zero-order valence-corrected chi connectivity index (χ0v) is 9.67. The number of halogens is 2. The summed E-state index contributed by atoms with van der Waals surface area (Å²) in [5.74, 6) is -0.749. The molecule has 0 aliphatic carbocycles. The summed E-state index contributed by atoms with van der Waals surface area (Å²) in [7, 11) is 0. The standard InChI is InChI=1S/C14H10F2N2/c1-8-6-9(11(16)7-10(8)15)14-17-12-4-2-3-5-13(12)18-14/h2-7H,1H3,(H,17,18). The smallest absolute Gasteiger partial charge is 0.141 e. The highest BCUT2D eigenvalue weighted by Crippen LogP contribution is 2.25. The number of benzene rings is 2. The lowest BCUT2D eigenvalue weighted by molar-refractivity contribution is 0.579. The van der Waals surface area contributed by atoms with Gasteiger partial charge in [-0.3, -0.25) is 0 Å². The van der Waals surface area contributed by atoms with Crippen molar-refractivity contribution in [2.24, 2.45) is 0 Å². The monoisotopic (exact) mass is 244 g/mol. The lowest BCUT2D eigenvalue weighted by atomic mass is 10.1. The van der Waals surface area contributed by atoms with Crippen LogP contribution in [0, 0.1) is 18.6 Å². The molecule has 18 heavy (non-hydrogen) atoms. The fraction of sp³-hybridized carbons (Fsp3) is 0.0714. The molecule has 0 amide bonds. The van der Waals surface area contributed by atoms with E-state index in [1.54, 1.807) is 6.92 Å². The van der Waals surface area contributed by atoms with Gasteiger partial charge in [-0.15, -0.1) is 0 Å². The Kier molecular flexibility index (Phi) is 2.37. The van der Waals surface area contributed by atoms with Gasteiger partial charge in [-0.25, -0.2) is 13.8 Å². The van der Waals surface area contributed by atoms with E-state index in [2.05, 4.69) is 9.97 Å². The molecule has 2 nitrogen and oxygen atoms in total. The van der Waals surface area contributed by atoms with Gasteiger partial charge in [0.05, 0.1) is 16.6 Å². The Morgan fingerprint density at radius 1 is 1.06 bits per heavy atom. The molecule has 2 aromatic carbocycles.